The maximum Gasteiger partial charge on any atom is 0.211 e. The second kappa shape index (κ2) is 5.34. The molecule has 0 amide bonds. The number of pyridine rings is 1. The van der Waals surface area contributed by atoms with Gasteiger partial charge in [0, 0.05) is 22.6 Å². The zero-order chi connectivity index (χ0) is 14.9. The SMILES string of the molecule is O=c1c(Nc2ccccc2)ccc2[nH]c3c(cc1-2)CCCC3. The number of para-hydroxylation sites is 1. The summed E-state index contributed by atoms with van der Waals surface area (Å²) in [5.41, 5.74) is 5.93. The Balaban J connectivity index is 1.80. The third-order valence-electron chi connectivity index (χ3n) is 4.36. The molecule has 1 aliphatic heterocycles. The lowest BCUT2D eigenvalue weighted by Crippen LogP contribution is -2.15. The van der Waals surface area contributed by atoms with Crippen LogP contribution in [0.4, 0.5) is 11.4 Å². The minimum absolute atomic E-state index is 0.0611. The summed E-state index contributed by atoms with van der Waals surface area (Å²) in [5, 5.41) is 3.22. The van der Waals surface area contributed by atoms with E-state index >= 15 is 0 Å². The number of H-pyrrole nitrogens is 1. The predicted octanol–water partition coefficient (Wildman–Crippen LogP) is 4.10. The summed E-state index contributed by atoms with van der Waals surface area (Å²) in [4.78, 5) is 16.2. The molecule has 3 aliphatic rings. The molecule has 0 spiro atoms. The maximum absolute atomic E-state index is 12.7. The first-order valence-electron chi connectivity index (χ1n) is 7.81. The standard InChI is InChI=1S/C19H18N2O/c22-19-15-12-13-6-4-5-9-16(13)21-17(15)10-11-18(19)20-14-7-2-1-3-8-14/h1-3,7-8,10-12,20-21H,4-6,9H2. The van der Waals surface area contributed by atoms with Crippen molar-refractivity contribution in [1.82, 2.24) is 4.98 Å². The molecule has 0 saturated carbocycles. The van der Waals surface area contributed by atoms with E-state index in [1.165, 1.54) is 24.1 Å². The highest BCUT2D eigenvalue weighted by molar-refractivity contribution is 5.71. The van der Waals surface area contributed by atoms with Gasteiger partial charge < -0.3 is 10.3 Å². The van der Waals surface area contributed by atoms with Crippen LogP contribution in [0.15, 0.2) is 53.3 Å². The Labute approximate surface area is 129 Å². The molecule has 2 N–H and O–H groups in total. The molecule has 0 saturated heterocycles. The van der Waals surface area contributed by atoms with Crippen LogP contribution in [0.25, 0.3) is 11.3 Å². The molecule has 0 atom stereocenters. The van der Waals surface area contributed by atoms with E-state index in [2.05, 4.69) is 16.4 Å². The zero-order valence-electron chi connectivity index (χ0n) is 12.4. The second-order valence-electron chi connectivity index (χ2n) is 5.87. The molecule has 110 valence electrons. The van der Waals surface area contributed by atoms with Gasteiger partial charge in [0.1, 0.15) is 0 Å². The normalized spacial score (nSPS) is 13.8. The first kappa shape index (κ1) is 13.1. The largest absolute Gasteiger partial charge is 0.358 e. The minimum Gasteiger partial charge on any atom is -0.358 e. The molecule has 0 aromatic heterocycles. The number of rotatable bonds is 2. The third-order valence-corrected chi connectivity index (χ3v) is 4.36. The lowest BCUT2D eigenvalue weighted by atomic mass is 9.93. The molecule has 0 bridgehead atoms. The number of hydrogen-bond acceptors (Lipinski definition) is 2. The average molecular weight is 290 g/mol. The Morgan fingerprint density at radius 2 is 1.77 bits per heavy atom. The van der Waals surface area contributed by atoms with Crippen molar-refractivity contribution in [2.75, 3.05) is 5.32 Å². The molecule has 1 aromatic carbocycles. The van der Waals surface area contributed by atoms with Crippen molar-refractivity contribution in [2.45, 2.75) is 25.7 Å². The van der Waals surface area contributed by atoms with Crippen LogP contribution in [-0.4, -0.2) is 4.98 Å². The molecular formula is C19H18N2O. The van der Waals surface area contributed by atoms with Gasteiger partial charge >= 0.3 is 0 Å². The van der Waals surface area contributed by atoms with Crippen LogP contribution in [0, 0.1) is 0 Å². The number of aromatic amines is 1. The summed E-state index contributed by atoms with van der Waals surface area (Å²) >= 11 is 0. The van der Waals surface area contributed by atoms with Crippen molar-refractivity contribution in [3.8, 4) is 11.3 Å². The molecule has 1 aromatic rings. The van der Waals surface area contributed by atoms with Crippen molar-refractivity contribution in [3.63, 3.8) is 0 Å². The Hall–Kier alpha value is -2.55. The van der Waals surface area contributed by atoms with E-state index in [0.29, 0.717) is 5.69 Å². The molecular weight excluding hydrogens is 272 g/mol. The van der Waals surface area contributed by atoms with Crippen LogP contribution in [0.3, 0.4) is 0 Å². The van der Waals surface area contributed by atoms with E-state index in [-0.39, 0.29) is 5.43 Å². The first-order chi connectivity index (χ1) is 10.8. The highest BCUT2D eigenvalue weighted by Gasteiger charge is 2.16. The quantitative estimate of drug-likeness (QED) is 0.746. The van der Waals surface area contributed by atoms with E-state index in [1.807, 2.05) is 42.5 Å². The molecule has 3 nitrogen and oxygen atoms in total. The van der Waals surface area contributed by atoms with Gasteiger partial charge in [-0.3, -0.25) is 4.79 Å². The molecule has 0 fully saturated rings. The number of benzene rings is 2. The number of fused-ring (bicyclic) bond motifs is 2. The molecule has 22 heavy (non-hydrogen) atoms. The summed E-state index contributed by atoms with van der Waals surface area (Å²) in [6, 6.07) is 15.7. The fourth-order valence-electron chi connectivity index (χ4n) is 3.19. The molecule has 0 unspecified atom stereocenters. The van der Waals surface area contributed by atoms with Gasteiger partial charge in [0.2, 0.25) is 5.43 Å². The molecule has 4 rings (SSSR count). The Kier molecular flexibility index (Phi) is 3.19. The van der Waals surface area contributed by atoms with Crippen molar-refractivity contribution >= 4 is 11.4 Å². The van der Waals surface area contributed by atoms with Crippen LogP contribution in [0.5, 0.6) is 0 Å². The fourth-order valence-corrected chi connectivity index (χ4v) is 3.19. The second-order valence-corrected chi connectivity index (χ2v) is 5.87. The van der Waals surface area contributed by atoms with Gasteiger partial charge in [-0.05, 0) is 61.6 Å². The fraction of sp³-hybridized carbons (Fsp3) is 0.211. The lowest BCUT2D eigenvalue weighted by molar-refractivity contribution is 0.668. The Morgan fingerprint density at radius 3 is 2.64 bits per heavy atom. The lowest BCUT2D eigenvalue weighted by Gasteiger charge is -2.19. The summed E-state index contributed by atoms with van der Waals surface area (Å²) in [5.74, 6) is 0. The van der Waals surface area contributed by atoms with Gasteiger partial charge in [-0.25, -0.2) is 0 Å². The summed E-state index contributed by atoms with van der Waals surface area (Å²) in [6.07, 6.45) is 4.59. The number of aryl methyl sites for hydroxylation is 2. The van der Waals surface area contributed by atoms with Gasteiger partial charge in [-0.2, -0.15) is 0 Å². The van der Waals surface area contributed by atoms with Crippen LogP contribution in [0.2, 0.25) is 0 Å². The van der Waals surface area contributed by atoms with E-state index in [1.54, 1.807) is 0 Å². The molecule has 0 radical (unpaired) electrons. The van der Waals surface area contributed by atoms with Gasteiger partial charge in [-0.15, -0.1) is 0 Å². The van der Waals surface area contributed by atoms with Crippen molar-refractivity contribution in [2.24, 2.45) is 0 Å². The molecule has 3 heteroatoms. The highest BCUT2D eigenvalue weighted by atomic mass is 16.1. The summed E-state index contributed by atoms with van der Waals surface area (Å²) in [7, 11) is 0. The molecule has 2 aliphatic carbocycles. The van der Waals surface area contributed by atoms with Crippen LogP contribution < -0.4 is 10.7 Å². The van der Waals surface area contributed by atoms with E-state index < -0.39 is 0 Å². The van der Waals surface area contributed by atoms with Gasteiger partial charge in [0.25, 0.3) is 0 Å². The van der Waals surface area contributed by atoms with Crippen molar-refractivity contribution in [3.05, 3.63) is 70.0 Å². The highest BCUT2D eigenvalue weighted by Crippen LogP contribution is 2.27. The first-order valence-corrected chi connectivity index (χ1v) is 7.81. The Bertz CT molecular complexity index is 836. The number of nitrogens with one attached hydrogen (secondary N) is 2. The Morgan fingerprint density at radius 1 is 0.955 bits per heavy atom. The van der Waals surface area contributed by atoms with E-state index in [9.17, 15) is 4.79 Å². The van der Waals surface area contributed by atoms with E-state index in [0.717, 1.165) is 29.8 Å². The monoisotopic (exact) mass is 290 g/mol. The third kappa shape index (κ3) is 2.29. The van der Waals surface area contributed by atoms with E-state index in [4.69, 9.17) is 0 Å². The topological polar surface area (TPSA) is 44.9 Å². The summed E-state index contributed by atoms with van der Waals surface area (Å²) < 4.78 is 0. The maximum atomic E-state index is 12.7. The smallest absolute Gasteiger partial charge is 0.211 e. The number of aromatic nitrogens is 1. The van der Waals surface area contributed by atoms with Gasteiger partial charge in [0.15, 0.2) is 0 Å². The average Bonchev–Trinajstić information content (AvgIpc) is 2.57. The number of anilines is 2. The predicted molar refractivity (Wildman–Crippen MR) is 90.1 cm³/mol. The van der Waals surface area contributed by atoms with Crippen LogP contribution in [0.1, 0.15) is 24.1 Å². The van der Waals surface area contributed by atoms with Crippen molar-refractivity contribution in [1.29, 1.82) is 0 Å². The van der Waals surface area contributed by atoms with Crippen LogP contribution >= 0.6 is 0 Å². The van der Waals surface area contributed by atoms with Gasteiger partial charge in [0.05, 0.1) is 5.69 Å². The number of hydrogen-bond donors (Lipinski definition) is 2. The summed E-state index contributed by atoms with van der Waals surface area (Å²) in [6.45, 7) is 0. The van der Waals surface area contributed by atoms with Crippen LogP contribution in [-0.2, 0) is 12.8 Å². The van der Waals surface area contributed by atoms with Gasteiger partial charge in [-0.1, -0.05) is 18.2 Å². The minimum atomic E-state index is 0.0611. The van der Waals surface area contributed by atoms with Crippen molar-refractivity contribution < 1.29 is 0 Å². The zero-order valence-corrected chi connectivity index (χ0v) is 12.4. The molecule has 1 heterocycles.